The lowest BCUT2D eigenvalue weighted by molar-refractivity contribution is 0.444. The molecule has 0 aliphatic carbocycles. The van der Waals surface area contributed by atoms with Gasteiger partial charge in [0.1, 0.15) is 39.9 Å². The molecule has 0 saturated carbocycles. The van der Waals surface area contributed by atoms with Gasteiger partial charge in [-0.1, -0.05) is 18.2 Å². The molecule has 1 heterocycles. The molecule has 0 spiro atoms. The molecule has 5 nitrogen and oxygen atoms in total. The lowest BCUT2D eigenvalue weighted by Gasteiger charge is -2.31. The van der Waals surface area contributed by atoms with Gasteiger partial charge in [-0.05, 0) is 48.6 Å². The predicted molar refractivity (Wildman–Crippen MR) is 114 cm³/mol. The van der Waals surface area contributed by atoms with E-state index in [1.54, 1.807) is 20.2 Å². The quantitative estimate of drug-likeness (QED) is 0.374. The van der Waals surface area contributed by atoms with Gasteiger partial charge in [0.2, 0.25) is 0 Å². The zero-order valence-corrected chi connectivity index (χ0v) is 17.6. The molecule has 30 heavy (non-hydrogen) atoms. The zero-order chi connectivity index (χ0) is 21.6. The lowest BCUT2D eigenvalue weighted by atomic mass is 10.3. The maximum Gasteiger partial charge on any atom is 0.264 e. The molecule has 1 N–H and O–H groups in total. The Balaban J connectivity index is 2.11. The number of nitrogens with zero attached hydrogens (tertiary/aromatic N) is 1. The maximum absolute atomic E-state index is 15.0. The van der Waals surface area contributed by atoms with Crippen LogP contribution in [0, 0.1) is 11.6 Å². The van der Waals surface area contributed by atoms with Crippen molar-refractivity contribution in [2.24, 2.45) is 0 Å². The number of phenolic OH excluding ortho intramolecular Hbond substituents is 1. The van der Waals surface area contributed by atoms with Crippen LogP contribution < -0.4 is 25.4 Å². The van der Waals surface area contributed by atoms with Crippen LogP contribution in [0.3, 0.4) is 0 Å². The van der Waals surface area contributed by atoms with Crippen molar-refractivity contribution in [3.63, 3.8) is 0 Å². The molecule has 0 unspecified atom stereocenters. The van der Waals surface area contributed by atoms with E-state index in [0.29, 0.717) is 0 Å². The minimum Gasteiger partial charge on any atom is -0.507 e. The highest BCUT2D eigenvalue weighted by atomic mass is 32.1. The molecule has 3 aromatic carbocycles. The summed E-state index contributed by atoms with van der Waals surface area (Å²) in [6, 6.07) is 12.0. The van der Waals surface area contributed by atoms with Gasteiger partial charge in [0.25, 0.3) is 5.17 Å². The van der Waals surface area contributed by atoms with Crippen LogP contribution in [0.25, 0.3) is 0 Å². The summed E-state index contributed by atoms with van der Waals surface area (Å²) in [7, 11) is -0.994. The monoisotopic (exact) mass is 447 g/mol. The molecule has 0 radical (unpaired) electrons. The van der Waals surface area contributed by atoms with Gasteiger partial charge >= 0.3 is 0 Å². The molecule has 9 heteroatoms. The number of ether oxygens (including phenoxy) is 2. The minimum absolute atomic E-state index is 0.0195. The topological polar surface area (TPSA) is 59.0 Å². The summed E-state index contributed by atoms with van der Waals surface area (Å²) in [6.45, 7) is 0. The van der Waals surface area contributed by atoms with Crippen molar-refractivity contribution in [3.05, 3.63) is 66.2 Å². The number of hydrogen-bond donors (Lipinski definition) is 1. The first-order valence-electron chi connectivity index (χ1n) is 8.83. The number of hydrogen-bond acceptors (Lipinski definition) is 5. The largest absolute Gasteiger partial charge is 0.507 e. The third kappa shape index (κ3) is 3.04. The van der Waals surface area contributed by atoms with E-state index in [0.717, 1.165) is 12.1 Å². The number of thiocarbonyl (C=S) groups is 1. The van der Waals surface area contributed by atoms with E-state index in [-0.39, 0.29) is 33.0 Å². The first-order valence-corrected chi connectivity index (χ1v) is 10.9. The van der Waals surface area contributed by atoms with Crippen molar-refractivity contribution in [1.82, 2.24) is 4.90 Å². The van der Waals surface area contributed by atoms with Crippen LogP contribution in [0.1, 0.15) is 0 Å². The van der Waals surface area contributed by atoms with E-state index in [9.17, 15) is 14.1 Å². The Labute approximate surface area is 176 Å². The van der Waals surface area contributed by atoms with Crippen LogP contribution in [-0.4, -0.2) is 29.3 Å². The maximum atomic E-state index is 15.0. The Morgan fingerprint density at radius 2 is 1.53 bits per heavy atom. The standard InChI is InChI=1S/C21H16F2NO4PS/c1-24(2)21(30)28-17-11-5-10-16-20(17)29(26,18-12(22)6-3-8-14(18)25)19-13(23)7-4-9-15(19)27-16/h3-11,25H,1-2H3/t29-/m0/s1. The first-order chi connectivity index (χ1) is 14.2. The van der Waals surface area contributed by atoms with Crippen molar-refractivity contribution in [2.75, 3.05) is 14.1 Å². The highest BCUT2D eigenvalue weighted by Crippen LogP contribution is 2.56. The van der Waals surface area contributed by atoms with Crippen molar-refractivity contribution >= 4 is 40.4 Å². The first kappa shape index (κ1) is 20.3. The van der Waals surface area contributed by atoms with Gasteiger partial charge in [0.05, 0.1) is 10.6 Å². The average molecular weight is 447 g/mol. The molecule has 1 aliphatic heterocycles. The fraction of sp³-hybridized carbons (Fsp3) is 0.0952. The second-order valence-corrected chi connectivity index (χ2v) is 9.68. The number of benzene rings is 3. The predicted octanol–water partition coefficient (Wildman–Crippen LogP) is 3.64. The third-order valence-electron chi connectivity index (χ3n) is 4.60. The molecular formula is C21H16F2NO4PS. The Morgan fingerprint density at radius 3 is 2.17 bits per heavy atom. The fourth-order valence-electron chi connectivity index (χ4n) is 3.32. The van der Waals surface area contributed by atoms with Crippen LogP contribution in [0.15, 0.2) is 54.6 Å². The van der Waals surface area contributed by atoms with Crippen LogP contribution in [0.4, 0.5) is 8.78 Å². The normalized spacial score (nSPS) is 16.8. The SMILES string of the molecule is CN(C)C(=S)Oc1cccc2c1[P@](=O)(c1c(O)cccc1F)c1c(F)cccc1O2. The van der Waals surface area contributed by atoms with Crippen molar-refractivity contribution in [1.29, 1.82) is 0 Å². The second-order valence-electron chi connectivity index (χ2n) is 6.77. The summed E-state index contributed by atoms with van der Waals surface area (Å²) in [6.07, 6.45) is 0. The molecule has 0 amide bonds. The summed E-state index contributed by atoms with van der Waals surface area (Å²) in [5.41, 5.74) is 0. The Morgan fingerprint density at radius 1 is 0.967 bits per heavy atom. The van der Waals surface area contributed by atoms with Gasteiger partial charge in [-0.25, -0.2) is 8.78 Å². The number of fused-ring (bicyclic) bond motifs is 2. The minimum atomic E-state index is -4.31. The second kappa shape index (κ2) is 7.38. The summed E-state index contributed by atoms with van der Waals surface area (Å²) >= 11 is 5.19. The van der Waals surface area contributed by atoms with Gasteiger partial charge in [-0.3, -0.25) is 0 Å². The summed E-state index contributed by atoms with van der Waals surface area (Å²) < 4.78 is 56.1. The summed E-state index contributed by atoms with van der Waals surface area (Å²) in [5, 5.41) is 9.57. The fourth-order valence-corrected chi connectivity index (χ4v) is 6.52. The van der Waals surface area contributed by atoms with Crippen LogP contribution in [0.2, 0.25) is 0 Å². The molecule has 3 aromatic rings. The number of phenols is 1. The molecule has 1 aliphatic rings. The van der Waals surface area contributed by atoms with Crippen molar-refractivity contribution in [2.45, 2.75) is 0 Å². The van der Waals surface area contributed by atoms with Crippen molar-refractivity contribution in [3.8, 4) is 23.0 Å². The van der Waals surface area contributed by atoms with E-state index in [1.807, 2.05) is 0 Å². The van der Waals surface area contributed by atoms with Crippen molar-refractivity contribution < 1.29 is 27.9 Å². The molecule has 0 aromatic heterocycles. The van der Waals surface area contributed by atoms with Crippen LogP contribution in [0.5, 0.6) is 23.0 Å². The van der Waals surface area contributed by atoms with E-state index >= 15 is 4.39 Å². The molecule has 4 rings (SSSR count). The zero-order valence-electron chi connectivity index (χ0n) is 15.9. The van der Waals surface area contributed by atoms with Gasteiger partial charge in [-0.2, -0.15) is 0 Å². The number of rotatable bonds is 2. The highest BCUT2D eigenvalue weighted by molar-refractivity contribution is 7.86. The molecule has 154 valence electrons. The Hall–Kier alpha value is -2.96. The molecular weight excluding hydrogens is 431 g/mol. The third-order valence-corrected chi connectivity index (χ3v) is 8.26. The summed E-state index contributed by atoms with van der Waals surface area (Å²) in [4.78, 5) is 1.51. The highest BCUT2D eigenvalue weighted by Gasteiger charge is 2.47. The van der Waals surface area contributed by atoms with E-state index in [2.05, 4.69) is 0 Å². The average Bonchev–Trinajstić information content (AvgIpc) is 2.67. The Kier molecular flexibility index (Phi) is 5.00. The smallest absolute Gasteiger partial charge is 0.264 e. The van der Waals surface area contributed by atoms with E-state index in [1.165, 1.54) is 41.3 Å². The van der Waals surface area contributed by atoms with E-state index in [4.69, 9.17) is 21.7 Å². The summed E-state index contributed by atoms with van der Waals surface area (Å²) in [5.74, 6) is -2.27. The Bertz CT molecular complexity index is 1180. The molecule has 1 atom stereocenters. The van der Waals surface area contributed by atoms with Crippen LogP contribution >= 0.6 is 19.4 Å². The molecule has 0 bridgehead atoms. The van der Waals surface area contributed by atoms with Gasteiger partial charge in [0, 0.05) is 14.1 Å². The van der Waals surface area contributed by atoms with E-state index < -0.39 is 29.8 Å². The number of aromatic hydroxyl groups is 1. The number of halogens is 2. The van der Waals surface area contributed by atoms with Gasteiger partial charge in [0.15, 0.2) is 7.14 Å². The van der Waals surface area contributed by atoms with Gasteiger partial charge < -0.3 is 24.0 Å². The van der Waals surface area contributed by atoms with Gasteiger partial charge in [-0.15, -0.1) is 0 Å². The molecule has 0 fully saturated rings. The lowest BCUT2D eigenvalue weighted by Crippen LogP contribution is -2.36. The molecule has 0 saturated heterocycles. The van der Waals surface area contributed by atoms with Crippen LogP contribution in [-0.2, 0) is 4.57 Å².